The fraction of sp³-hybridized carbons (Fsp3) is 0.233. The van der Waals surface area contributed by atoms with Gasteiger partial charge in [-0.25, -0.2) is 18.7 Å². The van der Waals surface area contributed by atoms with Crippen molar-refractivity contribution in [2.24, 2.45) is 0 Å². The fourth-order valence-electron chi connectivity index (χ4n) is 3.94. The van der Waals surface area contributed by atoms with Gasteiger partial charge in [0.15, 0.2) is 0 Å². The minimum absolute atomic E-state index is 0.0120. The van der Waals surface area contributed by atoms with Crippen molar-refractivity contribution in [3.8, 4) is 17.1 Å². The smallest absolute Gasteiger partial charge is 0.273 e. The molecule has 0 saturated heterocycles. The maximum atomic E-state index is 13.8. The summed E-state index contributed by atoms with van der Waals surface area (Å²) < 4.78 is 33.7. The zero-order chi connectivity index (χ0) is 25.5. The van der Waals surface area contributed by atoms with Crippen LogP contribution >= 0.6 is 0 Å². The summed E-state index contributed by atoms with van der Waals surface area (Å²) in [7, 11) is 0. The molecule has 0 bridgehead atoms. The van der Waals surface area contributed by atoms with Gasteiger partial charge in [0, 0.05) is 42.8 Å². The Morgan fingerprint density at radius 1 is 0.861 bits per heavy atom. The number of ether oxygens (including phenoxy) is 1. The molecule has 0 aliphatic rings. The van der Waals surface area contributed by atoms with E-state index in [9.17, 15) is 13.6 Å². The minimum atomic E-state index is -2.85. The Kier molecular flexibility index (Phi) is 7.84. The maximum absolute atomic E-state index is 13.8. The highest BCUT2D eigenvalue weighted by molar-refractivity contribution is 5.83. The van der Waals surface area contributed by atoms with Crippen molar-refractivity contribution in [3.05, 3.63) is 114 Å². The number of benzene rings is 3. The molecule has 1 unspecified atom stereocenters. The van der Waals surface area contributed by atoms with Gasteiger partial charge in [-0.3, -0.25) is 4.79 Å². The number of aromatic nitrogens is 2. The Hall–Kier alpha value is -3.93. The molecule has 0 aliphatic carbocycles. The van der Waals surface area contributed by atoms with Crippen LogP contribution in [0.1, 0.15) is 48.6 Å². The zero-order valence-corrected chi connectivity index (χ0v) is 20.3. The van der Waals surface area contributed by atoms with E-state index in [0.29, 0.717) is 11.6 Å². The van der Waals surface area contributed by atoms with Crippen molar-refractivity contribution in [1.82, 2.24) is 9.97 Å². The quantitative estimate of drug-likeness (QED) is 0.239. The van der Waals surface area contributed by atoms with Gasteiger partial charge in [0.25, 0.3) is 5.92 Å². The average Bonchev–Trinajstić information content (AvgIpc) is 2.90. The summed E-state index contributed by atoms with van der Waals surface area (Å²) in [6, 6.07) is 23.5. The topological polar surface area (TPSA) is 52.1 Å². The summed E-state index contributed by atoms with van der Waals surface area (Å²) in [5.41, 5.74) is 4.06. The van der Waals surface area contributed by atoms with Crippen LogP contribution in [0.2, 0.25) is 0 Å². The van der Waals surface area contributed by atoms with Gasteiger partial charge in [0.2, 0.25) is 5.88 Å². The van der Waals surface area contributed by atoms with Crippen molar-refractivity contribution in [1.29, 1.82) is 0 Å². The van der Waals surface area contributed by atoms with Crippen LogP contribution in [0.4, 0.5) is 8.78 Å². The van der Waals surface area contributed by atoms with Crippen molar-refractivity contribution in [3.63, 3.8) is 0 Å². The number of hydrogen-bond acceptors (Lipinski definition) is 4. The summed E-state index contributed by atoms with van der Waals surface area (Å²) in [6.07, 6.45) is 3.21. The van der Waals surface area contributed by atoms with Crippen LogP contribution in [-0.4, -0.2) is 15.8 Å². The first-order valence-corrected chi connectivity index (χ1v) is 12.0. The van der Waals surface area contributed by atoms with Crippen molar-refractivity contribution in [2.75, 3.05) is 0 Å². The van der Waals surface area contributed by atoms with Crippen LogP contribution in [0.3, 0.4) is 0 Å². The van der Waals surface area contributed by atoms with Gasteiger partial charge in [0.05, 0.1) is 0 Å². The van der Waals surface area contributed by atoms with Crippen molar-refractivity contribution >= 4 is 5.78 Å². The molecule has 4 nitrogen and oxygen atoms in total. The number of alkyl halides is 2. The molecule has 4 rings (SSSR count). The second-order valence-electron chi connectivity index (χ2n) is 8.72. The number of hydrogen-bond donors (Lipinski definition) is 0. The Morgan fingerprint density at radius 2 is 1.44 bits per heavy atom. The maximum Gasteiger partial charge on any atom is 0.273 e. The Labute approximate surface area is 210 Å². The highest BCUT2D eigenvalue weighted by atomic mass is 19.3. The molecular formula is C30H28F2N2O2. The summed E-state index contributed by atoms with van der Waals surface area (Å²) in [4.78, 5) is 21.4. The second kappa shape index (κ2) is 11.2. The normalized spacial score (nSPS) is 12.2. The van der Waals surface area contributed by atoms with Crippen LogP contribution in [0.25, 0.3) is 11.3 Å². The fourth-order valence-corrected chi connectivity index (χ4v) is 3.94. The third-order valence-electron chi connectivity index (χ3n) is 6.07. The van der Waals surface area contributed by atoms with Gasteiger partial charge in [-0.15, -0.1) is 0 Å². The van der Waals surface area contributed by atoms with Crippen LogP contribution in [0.5, 0.6) is 5.88 Å². The Bertz CT molecular complexity index is 1290. The van der Waals surface area contributed by atoms with E-state index < -0.39 is 5.92 Å². The monoisotopic (exact) mass is 486 g/mol. The number of carbonyl (C=O) groups is 1. The van der Waals surface area contributed by atoms with Crippen LogP contribution in [-0.2, 0) is 23.6 Å². The number of Topliss-reactive ketones (excluding diaryl/α,β-unsaturated/α-hetero) is 1. The highest BCUT2D eigenvalue weighted by Crippen LogP contribution is 2.32. The lowest BCUT2D eigenvalue weighted by Gasteiger charge is -2.16. The standard InChI is InChI=1S/C30H28F2N2O2/c1-3-30(31,32)26-15-11-23(12-16-26)20-27(35)19-22-9-13-25(14-10-22)28-29(34-18-17-33-28)36-21(2)24-7-5-4-6-8-24/h4-18,21H,3,19-20H2,1-2H3. The third kappa shape index (κ3) is 6.19. The Balaban J connectivity index is 1.41. The minimum Gasteiger partial charge on any atom is -0.468 e. The lowest BCUT2D eigenvalue weighted by atomic mass is 9.99. The number of halogens is 2. The molecule has 0 amide bonds. The molecule has 0 fully saturated rings. The molecule has 0 spiro atoms. The van der Waals surface area contributed by atoms with Gasteiger partial charge < -0.3 is 4.74 Å². The van der Waals surface area contributed by atoms with Crippen molar-refractivity contribution in [2.45, 2.75) is 45.1 Å². The lowest BCUT2D eigenvalue weighted by Crippen LogP contribution is -2.12. The zero-order valence-electron chi connectivity index (χ0n) is 20.3. The number of rotatable bonds is 10. The first kappa shape index (κ1) is 25.2. The largest absolute Gasteiger partial charge is 0.468 e. The van der Waals surface area contributed by atoms with Gasteiger partial charge in [0.1, 0.15) is 17.6 Å². The van der Waals surface area contributed by atoms with E-state index in [-0.39, 0.29) is 36.7 Å². The van der Waals surface area contributed by atoms with Crippen molar-refractivity contribution < 1.29 is 18.3 Å². The molecule has 1 aromatic heterocycles. The first-order valence-electron chi connectivity index (χ1n) is 12.0. The van der Waals surface area contributed by atoms with Crippen LogP contribution in [0.15, 0.2) is 91.3 Å². The summed E-state index contributed by atoms with van der Waals surface area (Å²) in [6.45, 7) is 3.41. The predicted octanol–water partition coefficient (Wildman–Crippen LogP) is 7.14. The molecule has 36 heavy (non-hydrogen) atoms. The lowest BCUT2D eigenvalue weighted by molar-refractivity contribution is -0.117. The molecule has 1 heterocycles. The van der Waals surface area contributed by atoms with E-state index in [4.69, 9.17) is 4.74 Å². The van der Waals surface area contributed by atoms with E-state index in [1.165, 1.54) is 19.1 Å². The molecule has 4 aromatic rings. The molecule has 0 N–H and O–H groups in total. The van der Waals surface area contributed by atoms with Gasteiger partial charge in [-0.2, -0.15) is 0 Å². The third-order valence-corrected chi connectivity index (χ3v) is 6.07. The SMILES string of the molecule is CCC(F)(F)c1ccc(CC(=O)Cc2ccc(-c3nccnc3OC(C)c3ccccc3)cc2)cc1. The van der Waals surface area contributed by atoms with Gasteiger partial charge in [-0.1, -0.05) is 85.8 Å². The average molecular weight is 487 g/mol. The molecule has 0 saturated carbocycles. The molecule has 184 valence electrons. The highest BCUT2D eigenvalue weighted by Gasteiger charge is 2.28. The second-order valence-corrected chi connectivity index (χ2v) is 8.72. The van der Waals surface area contributed by atoms with E-state index in [1.54, 1.807) is 24.5 Å². The number of carbonyl (C=O) groups excluding carboxylic acids is 1. The molecular weight excluding hydrogens is 458 g/mol. The van der Waals surface area contributed by atoms with Gasteiger partial charge in [-0.05, 0) is 23.6 Å². The van der Waals surface area contributed by atoms with E-state index in [0.717, 1.165) is 22.3 Å². The van der Waals surface area contributed by atoms with Crippen LogP contribution < -0.4 is 4.74 Å². The number of nitrogens with zero attached hydrogens (tertiary/aromatic N) is 2. The van der Waals surface area contributed by atoms with E-state index in [1.807, 2.05) is 61.5 Å². The first-order chi connectivity index (χ1) is 17.4. The molecule has 0 aliphatic heterocycles. The summed E-state index contributed by atoms with van der Waals surface area (Å²) in [5.74, 6) is -2.40. The summed E-state index contributed by atoms with van der Waals surface area (Å²) >= 11 is 0. The Morgan fingerprint density at radius 3 is 2.06 bits per heavy atom. The van der Waals surface area contributed by atoms with E-state index >= 15 is 0 Å². The molecule has 1 atom stereocenters. The molecule has 0 radical (unpaired) electrons. The predicted molar refractivity (Wildman–Crippen MR) is 136 cm³/mol. The number of ketones is 1. The molecule has 6 heteroatoms. The summed E-state index contributed by atoms with van der Waals surface area (Å²) in [5, 5.41) is 0. The van der Waals surface area contributed by atoms with Crippen LogP contribution in [0, 0.1) is 0 Å². The van der Waals surface area contributed by atoms with Gasteiger partial charge >= 0.3 is 0 Å². The van der Waals surface area contributed by atoms with E-state index in [2.05, 4.69) is 9.97 Å². The molecule has 3 aromatic carbocycles.